The van der Waals surface area contributed by atoms with Gasteiger partial charge in [0, 0.05) is 19.6 Å². The molecule has 2 rings (SSSR count). The van der Waals surface area contributed by atoms with Crippen molar-refractivity contribution in [2.75, 3.05) is 13.2 Å². The zero-order valence-electron chi connectivity index (χ0n) is 13.4. The molecular formula is C18H25NO4. The van der Waals surface area contributed by atoms with Crippen molar-refractivity contribution in [1.29, 1.82) is 0 Å². The summed E-state index contributed by atoms with van der Waals surface area (Å²) in [6.07, 6.45) is 4.97. The molecule has 0 unspecified atom stereocenters. The van der Waals surface area contributed by atoms with Crippen LogP contribution in [-0.4, -0.2) is 36.2 Å². The molecule has 23 heavy (non-hydrogen) atoms. The average molecular weight is 319 g/mol. The molecule has 1 amide bonds. The van der Waals surface area contributed by atoms with Gasteiger partial charge in [-0.1, -0.05) is 30.3 Å². The van der Waals surface area contributed by atoms with Crippen molar-refractivity contribution in [3.05, 3.63) is 35.9 Å². The molecule has 0 aromatic heterocycles. The topological polar surface area (TPSA) is 75.6 Å². The number of carbonyl (C=O) groups is 2. The Bertz CT molecular complexity index is 497. The van der Waals surface area contributed by atoms with E-state index >= 15 is 0 Å². The molecular weight excluding hydrogens is 294 g/mol. The summed E-state index contributed by atoms with van der Waals surface area (Å²) in [5.41, 5.74) is 0.963. The molecule has 0 radical (unpaired) electrons. The number of hydrogen-bond acceptors (Lipinski definition) is 3. The summed E-state index contributed by atoms with van der Waals surface area (Å²) < 4.78 is 5.60. The molecule has 1 aliphatic heterocycles. The first kappa shape index (κ1) is 17.5. The van der Waals surface area contributed by atoms with Crippen LogP contribution in [0.1, 0.15) is 37.7 Å². The average Bonchev–Trinajstić information content (AvgIpc) is 2.58. The van der Waals surface area contributed by atoms with Gasteiger partial charge in [-0.15, -0.1) is 0 Å². The van der Waals surface area contributed by atoms with E-state index in [2.05, 4.69) is 5.32 Å². The SMILES string of the molecule is O=C(CC[C@@H]1CCCCO1)NC[C@@H](Cc1ccccc1)C(=O)O. The van der Waals surface area contributed by atoms with Crippen molar-refractivity contribution >= 4 is 11.9 Å². The second-order valence-corrected chi connectivity index (χ2v) is 6.06. The maximum atomic E-state index is 11.9. The Morgan fingerprint density at radius 1 is 1.26 bits per heavy atom. The highest BCUT2D eigenvalue weighted by atomic mass is 16.5. The Balaban J connectivity index is 1.72. The fourth-order valence-electron chi connectivity index (χ4n) is 2.80. The zero-order chi connectivity index (χ0) is 16.5. The van der Waals surface area contributed by atoms with Crippen LogP contribution in [0.3, 0.4) is 0 Å². The highest BCUT2D eigenvalue weighted by Gasteiger charge is 2.20. The Morgan fingerprint density at radius 3 is 2.70 bits per heavy atom. The summed E-state index contributed by atoms with van der Waals surface area (Å²) in [6, 6.07) is 9.47. The van der Waals surface area contributed by atoms with Crippen molar-refractivity contribution in [3.8, 4) is 0 Å². The Hall–Kier alpha value is -1.88. The first-order valence-corrected chi connectivity index (χ1v) is 8.30. The summed E-state index contributed by atoms with van der Waals surface area (Å²) in [5, 5.41) is 12.1. The van der Waals surface area contributed by atoms with Crippen molar-refractivity contribution in [2.24, 2.45) is 5.92 Å². The molecule has 1 aliphatic rings. The third-order valence-corrected chi connectivity index (χ3v) is 4.19. The van der Waals surface area contributed by atoms with E-state index in [1.54, 1.807) is 0 Å². The smallest absolute Gasteiger partial charge is 0.308 e. The predicted molar refractivity (Wildman–Crippen MR) is 87.1 cm³/mol. The lowest BCUT2D eigenvalue weighted by Crippen LogP contribution is -2.34. The van der Waals surface area contributed by atoms with E-state index in [0.717, 1.165) is 31.4 Å². The molecule has 0 spiro atoms. The highest BCUT2D eigenvalue weighted by Crippen LogP contribution is 2.17. The second kappa shape index (κ2) is 9.30. The first-order valence-electron chi connectivity index (χ1n) is 8.30. The largest absolute Gasteiger partial charge is 0.481 e. The molecule has 1 heterocycles. The molecule has 5 nitrogen and oxygen atoms in total. The number of carboxylic acid groups (broad SMARTS) is 1. The van der Waals surface area contributed by atoms with E-state index in [0.29, 0.717) is 19.3 Å². The van der Waals surface area contributed by atoms with E-state index in [1.165, 1.54) is 0 Å². The molecule has 5 heteroatoms. The number of carboxylic acids is 1. The fraction of sp³-hybridized carbons (Fsp3) is 0.556. The number of aliphatic carboxylic acids is 1. The van der Waals surface area contributed by atoms with Crippen LogP contribution in [0.4, 0.5) is 0 Å². The fourth-order valence-corrected chi connectivity index (χ4v) is 2.80. The number of hydrogen-bond donors (Lipinski definition) is 2. The Labute approximate surface area is 137 Å². The normalized spacial score (nSPS) is 19.0. The van der Waals surface area contributed by atoms with Gasteiger partial charge in [-0.3, -0.25) is 9.59 Å². The van der Waals surface area contributed by atoms with Crippen LogP contribution in [-0.2, 0) is 20.7 Å². The number of benzene rings is 1. The van der Waals surface area contributed by atoms with Crippen molar-refractivity contribution in [2.45, 2.75) is 44.6 Å². The zero-order valence-corrected chi connectivity index (χ0v) is 13.4. The highest BCUT2D eigenvalue weighted by molar-refractivity contribution is 5.77. The summed E-state index contributed by atoms with van der Waals surface area (Å²) in [4.78, 5) is 23.3. The van der Waals surface area contributed by atoms with Crippen LogP contribution < -0.4 is 5.32 Å². The van der Waals surface area contributed by atoms with Crippen LogP contribution in [0.15, 0.2) is 30.3 Å². The van der Waals surface area contributed by atoms with Crippen LogP contribution in [0.5, 0.6) is 0 Å². The summed E-state index contributed by atoms with van der Waals surface area (Å²) in [5.74, 6) is -1.59. The molecule has 2 N–H and O–H groups in total. The molecule has 2 atom stereocenters. The van der Waals surface area contributed by atoms with E-state index in [1.807, 2.05) is 30.3 Å². The molecule has 0 aliphatic carbocycles. The lowest BCUT2D eigenvalue weighted by atomic mass is 9.99. The molecule has 1 aromatic rings. The number of rotatable bonds is 8. The van der Waals surface area contributed by atoms with Crippen LogP contribution in [0.2, 0.25) is 0 Å². The third-order valence-electron chi connectivity index (χ3n) is 4.19. The van der Waals surface area contributed by atoms with E-state index in [4.69, 9.17) is 4.74 Å². The van der Waals surface area contributed by atoms with E-state index in [-0.39, 0.29) is 18.6 Å². The number of nitrogens with one attached hydrogen (secondary N) is 1. The van der Waals surface area contributed by atoms with Crippen LogP contribution >= 0.6 is 0 Å². The quantitative estimate of drug-likeness (QED) is 0.771. The van der Waals surface area contributed by atoms with Gasteiger partial charge in [0.15, 0.2) is 0 Å². The molecule has 0 saturated carbocycles. The minimum absolute atomic E-state index is 0.0986. The Morgan fingerprint density at radius 2 is 2.04 bits per heavy atom. The molecule has 1 aromatic carbocycles. The summed E-state index contributed by atoms with van der Waals surface area (Å²) >= 11 is 0. The van der Waals surface area contributed by atoms with E-state index in [9.17, 15) is 14.7 Å². The van der Waals surface area contributed by atoms with Gasteiger partial charge in [0.05, 0.1) is 12.0 Å². The molecule has 1 saturated heterocycles. The molecule has 126 valence electrons. The maximum absolute atomic E-state index is 11.9. The van der Waals surface area contributed by atoms with Gasteiger partial charge < -0.3 is 15.2 Å². The van der Waals surface area contributed by atoms with Crippen LogP contribution in [0, 0.1) is 5.92 Å². The maximum Gasteiger partial charge on any atom is 0.308 e. The van der Waals surface area contributed by atoms with Gasteiger partial charge >= 0.3 is 5.97 Å². The van der Waals surface area contributed by atoms with Gasteiger partial charge in [0.2, 0.25) is 5.91 Å². The molecule has 0 bridgehead atoms. The lowest BCUT2D eigenvalue weighted by Gasteiger charge is -2.22. The summed E-state index contributed by atoms with van der Waals surface area (Å²) in [6.45, 7) is 0.943. The van der Waals surface area contributed by atoms with Crippen molar-refractivity contribution < 1.29 is 19.4 Å². The van der Waals surface area contributed by atoms with Crippen LogP contribution in [0.25, 0.3) is 0 Å². The van der Waals surface area contributed by atoms with E-state index < -0.39 is 11.9 Å². The number of ether oxygens (including phenoxy) is 1. The number of carbonyl (C=O) groups excluding carboxylic acids is 1. The minimum Gasteiger partial charge on any atom is -0.481 e. The molecule has 1 fully saturated rings. The standard InChI is InChI=1S/C18H25NO4/c20-17(10-9-16-8-4-5-11-23-16)19-13-15(18(21)22)12-14-6-2-1-3-7-14/h1-3,6-7,15-16H,4-5,8-13H2,(H,19,20)(H,21,22)/t15-,16+/m1/s1. The van der Waals surface area contributed by atoms with Crippen molar-refractivity contribution in [1.82, 2.24) is 5.32 Å². The summed E-state index contributed by atoms with van der Waals surface area (Å²) in [7, 11) is 0. The second-order valence-electron chi connectivity index (χ2n) is 6.06. The Kier molecular flexibility index (Phi) is 7.07. The van der Waals surface area contributed by atoms with Gasteiger partial charge in [-0.2, -0.15) is 0 Å². The van der Waals surface area contributed by atoms with Gasteiger partial charge in [-0.25, -0.2) is 0 Å². The lowest BCUT2D eigenvalue weighted by molar-refractivity contribution is -0.141. The van der Waals surface area contributed by atoms with Crippen molar-refractivity contribution in [3.63, 3.8) is 0 Å². The predicted octanol–water partition coefficient (Wildman–Crippen LogP) is 2.40. The van der Waals surface area contributed by atoms with Gasteiger partial charge in [-0.05, 0) is 37.7 Å². The van der Waals surface area contributed by atoms with Gasteiger partial charge in [0.1, 0.15) is 0 Å². The monoisotopic (exact) mass is 319 g/mol. The first-order chi connectivity index (χ1) is 11.1. The number of amides is 1. The van der Waals surface area contributed by atoms with Gasteiger partial charge in [0.25, 0.3) is 0 Å². The minimum atomic E-state index is -0.884. The third kappa shape index (κ3) is 6.40.